The van der Waals surface area contributed by atoms with Gasteiger partial charge in [0.05, 0.1) is 22.8 Å². The van der Waals surface area contributed by atoms with E-state index >= 15 is 0 Å². The van der Waals surface area contributed by atoms with Gasteiger partial charge in [-0.25, -0.2) is 0 Å². The van der Waals surface area contributed by atoms with E-state index in [0.717, 1.165) is 29.2 Å². The van der Waals surface area contributed by atoms with E-state index in [1.165, 1.54) is 20.9 Å². The lowest BCUT2D eigenvalue weighted by atomic mass is 9.86. The van der Waals surface area contributed by atoms with Crippen molar-refractivity contribution in [3.05, 3.63) is 81.6 Å². The second-order valence-corrected chi connectivity index (χ2v) is 11.5. The van der Waals surface area contributed by atoms with E-state index in [4.69, 9.17) is 9.98 Å². The molecule has 1 aliphatic rings. The predicted octanol–water partition coefficient (Wildman–Crippen LogP) is 9.07. The first-order valence-electron chi connectivity index (χ1n) is 11.4. The number of thioether (sulfide) groups is 1. The van der Waals surface area contributed by atoms with Crippen LogP contribution in [0.3, 0.4) is 0 Å². The number of allylic oxidation sites excluding steroid dienone is 4. The van der Waals surface area contributed by atoms with Crippen molar-refractivity contribution in [1.82, 2.24) is 0 Å². The molecule has 3 heteroatoms. The summed E-state index contributed by atoms with van der Waals surface area (Å²) >= 11 is 1.77. The molecule has 2 aromatic rings. The summed E-state index contributed by atoms with van der Waals surface area (Å²) in [5.41, 5.74) is 6.88. The van der Waals surface area contributed by atoms with Gasteiger partial charge in [0.1, 0.15) is 0 Å². The normalized spacial score (nSPS) is 16.0. The van der Waals surface area contributed by atoms with Crippen molar-refractivity contribution in [3.63, 3.8) is 0 Å². The number of rotatable bonds is 4. The lowest BCUT2D eigenvalue weighted by Gasteiger charge is -2.22. The summed E-state index contributed by atoms with van der Waals surface area (Å²) in [5, 5.41) is 0. The molecule has 0 fully saturated rings. The fourth-order valence-electron chi connectivity index (χ4n) is 3.80. The van der Waals surface area contributed by atoms with E-state index < -0.39 is 0 Å². The SMILES string of the molecule is C/C(=N\c1ccccc1C(C)(C)C)C1=CCC=C(/C(C)=N/c2ccccc2C(C)(C)C)S1. The van der Waals surface area contributed by atoms with Crippen molar-refractivity contribution in [3.8, 4) is 0 Å². The molecule has 0 aliphatic carbocycles. The molecule has 0 saturated heterocycles. The average Bonchev–Trinajstić information content (AvgIpc) is 2.73. The van der Waals surface area contributed by atoms with E-state index in [1.807, 2.05) is 0 Å². The number of benzene rings is 2. The summed E-state index contributed by atoms with van der Waals surface area (Å²) in [5.74, 6) is 0. The average molecular weight is 445 g/mol. The molecule has 2 aromatic carbocycles. The third kappa shape index (κ3) is 5.89. The first-order chi connectivity index (χ1) is 15.0. The molecule has 2 nitrogen and oxygen atoms in total. The van der Waals surface area contributed by atoms with E-state index in [2.05, 4.69) is 116 Å². The summed E-state index contributed by atoms with van der Waals surface area (Å²) in [4.78, 5) is 12.5. The van der Waals surface area contributed by atoms with Crippen molar-refractivity contribution >= 4 is 34.6 Å². The van der Waals surface area contributed by atoms with Crippen LogP contribution in [0.4, 0.5) is 11.4 Å². The number of hydrogen-bond donors (Lipinski definition) is 0. The van der Waals surface area contributed by atoms with E-state index in [0.29, 0.717) is 0 Å². The summed E-state index contributed by atoms with van der Waals surface area (Å²) in [7, 11) is 0. The van der Waals surface area contributed by atoms with E-state index in [9.17, 15) is 0 Å². The van der Waals surface area contributed by atoms with Crippen LogP contribution in [-0.4, -0.2) is 11.4 Å². The van der Waals surface area contributed by atoms with Crippen LogP contribution < -0.4 is 0 Å². The fraction of sp³-hybridized carbons (Fsp3) is 0.379. The Morgan fingerprint density at radius 1 is 0.656 bits per heavy atom. The molecule has 168 valence electrons. The third-order valence-corrected chi connectivity index (χ3v) is 6.90. The molecule has 1 aliphatic heterocycles. The van der Waals surface area contributed by atoms with E-state index in [-0.39, 0.29) is 10.8 Å². The predicted molar refractivity (Wildman–Crippen MR) is 144 cm³/mol. The summed E-state index contributed by atoms with van der Waals surface area (Å²) < 4.78 is 0. The van der Waals surface area contributed by atoms with Gasteiger partial charge < -0.3 is 0 Å². The van der Waals surface area contributed by atoms with Crippen LogP contribution >= 0.6 is 11.8 Å². The van der Waals surface area contributed by atoms with Gasteiger partial charge in [0.25, 0.3) is 0 Å². The van der Waals surface area contributed by atoms with Gasteiger partial charge in [-0.3, -0.25) is 9.98 Å². The molecular weight excluding hydrogens is 408 g/mol. The van der Waals surface area contributed by atoms with Crippen LogP contribution in [0.1, 0.15) is 72.9 Å². The highest BCUT2D eigenvalue weighted by molar-refractivity contribution is 8.08. The van der Waals surface area contributed by atoms with Gasteiger partial charge in [-0.15, -0.1) is 0 Å². The Bertz CT molecular complexity index is 1010. The molecule has 0 atom stereocenters. The zero-order chi connectivity index (χ0) is 23.5. The minimum atomic E-state index is 0.0587. The maximum atomic E-state index is 5.03. The second-order valence-electron chi connectivity index (χ2n) is 10.4. The lowest BCUT2D eigenvalue weighted by molar-refractivity contribution is 0.591. The van der Waals surface area contributed by atoms with Crippen LogP contribution in [0.25, 0.3) is 0 Å². The zero-order valence-corrected chi connectivity index (χ0v) is 21.6. The number of nitrogens with zero attached hydrogens (tertiary/aromatic N) is 2. The monoisotopic (exact) mass is 444 g/mol. The highest BCUT2D eigenvalue weighted by Gasteiger charge is 2.20. The summed E-state index contributed by atoms with van der Waals surface area (Å²) in [6.45, 7) is 17.7. The summed E-state index contributed by atoms with van der Waals surface area (Å²) in [6, 6.07) is 16.9. The quantitative estimate of drug-likeness (QED) is 0.432. The Balaban J connectivity index is 1.86. The Kier molecular flexibility index (Phi) is 7.29. The highest BCUT2D eigenvalue weighted by Crippen LogP contribution is 2.37. The summed E-state index contributed by atoms with van der Waals surface area (Å²) in [6.07, 6.45) is 5.44. The Labute approximate surface area is 198 Å². The molecule has 0 spiro atoms. The molecule has 0 radical (unpaired) electrons. The number of hydrogen-bond acceptors (Lipinski definition) is 3. The zero-order valence-electron chi connectivity index (χ0n) is 20.8. The third-order valence-electron chi connectivity index (χ3n) is 5.54. The Hall–Kier alpha value is -2.39. The van der Waals surface area contributed by atoms with Crippen molar-refractivity contribution in [1.29, 1.82) is 0 Å². The maximum Gasteiger partial charge on any atom is 0.0670 e. The van der Waals surface area contributed by atoms with Gasteiger partial charge in [0.2, 0.25) is 0 Å². The van der Waals surface area contributed by atoms with Crippen molar-refractivity contribution in [2.45, 2.75) is 72.6 Å². The molecule has 0 amide bonds. The van der Waals surface area contributed by atoms with Crippen LogP contribution in [0.5, 0.6) is 0 Å². The fourth-order valence-corrected chi connectivity index (χ4v) is 4.78. The molecule has 32 heavy (non-hydrogen) atoms. The van der Waals surface area contributed by atoms with Crippen LogP contribution in [0.15, 0.2) is 80.5 Å². The second kappa shape index (κ2) is 9.62. The first kappa shape index (κ1) is 24.3. The van der Waals surface area contributed by atoms with Crippen LogP contribution in [0.2, 0.25) is 0 Å². The van der Waals surface area contributed by atoms with Gasteiger partial charge in [-0.05, 0) is 54.4 Å². The van der Waals surface area contributed by atoms with E-state index in [1.54, 1.807) is 11.8 Å². The molecule has 0 N–H and O–H groups in total. The van der Waals surface area contributed by atoms with Gasteiger partial charge >= 0.3 is 0 Å². The minimum absolute atomic E-state index is 0.0587. The Morgan fingerprint density at radius 2 is 1.03 bits per heavy atom. The Morgan fingerprint density at radius 3 is 1.41 bits per heavy atom. The minimum Gasteiger partial charge on any atom is -0.252 e. The largest absolute Gasteiger partial charge is 0.252 e. The molecule has 0 saturated carbocycles. The standard InChI is InChI=1S/C29H36N2S/c1-20(30-24-16-11-9-14-22(24)28(3,4)5)26-18-13-19-27(32-26)21(2)31-25-17-12-10-15-23(25)29(6,7)8/h9-12,14-19H,13H2,1-8H3/b30-20+,31-21+. The maximum absolute atomic E-state index is 5.03. The van der Waals surface area contributed by atoms with Gasteiger partial charge in [0, 0.05) is 9.81 Å². The van der Waals surface area contributed by atoms with Crippen molar-refractivity contribution in [2.75, 3.05) is 0 Å². The van der Waals surface area contributed by atoms with Crippen molar-refractivity contribution in [2.24, 2.45) is 9.98 Å². The topological polar surface area (TPSA) is 24.7 Å². The molecule has 0 bridgehead atoms. The smallest absolute Gasteiger partial charge is 0.0670 e. The first-order valence-corrected chi connectivity index (χ1v) is 12.2. The molecular formula is C29H36N2S. The highest BCUT2D eigenvalue weighted by atomic mass is 32.2. The molecule has 0 aromatic heterocycles. The molecule has 0 unspecified atom stereocenters. The number of aliphatic imine (C=N–C) groups is 2. The number of para-hydroxylation sites is 2. The molecule has 1 heterocycles. The van der Waals surface area contributed by atoms with Gasteiger partial charge in [-0.2, -0.15) is 0 Å². The van der Waals surface area contributed by atoms with Gasteiger partial charge in [0.15, 0.2) is 0 Å². The lowest BCUT2D eigenvalue weighted by Crippen LogP contribution is -2.11. The van der Waals surface area contributed by atoms with Gasteiger partial charge in [-0.1, -0.05) is 102 Å². The molecule has 3 rings (SSSR count). The van der Waals surface area contributed by atoms with Crippen LogP contribution in [-0.2, 0) is 10.8 Å². The van der Waals surface area contributed by atoms with Crippen LogP contribution in [0, 0.1) is 0 Å². The van der Waals surface area contributed by atoms with Crippen molar-refractivity contribution < 1.29 is 0 Å².